The molecular formula is C11H11BrF2N2O. The second-order valence-corrected chi connectivity index (χ2v) is 4.84. The minimum atomic E-state index is -0.781. The number of benzene rings is 1. The monoisotopic (exact) mass is 304 g/mol. The van der Waals surface area contributed by atoms with Gasteiger partial charge in [0.2, 0.25) is 5.91 Å². The lowest BCUT2D eigenvalue weighted by molar-refractivity contribution is -0.119. The summed E-state index contributed by atoms with van der Waals surface area (Å²) in [4.78, 5) is 11.7. The number of anilines is 1. The zero-order valence-corrected chi connectivity index (χ0v) is 10.5. The molecule has 3 nitrogen and oxygen atoms in total. The lowest BCUT2D eigenvalue weighted by Crippen LogP contribution is -2.25. The minimum Gasteiger partial charge on any atom is -0.321 e. The molecule has 1 aliphatic heterocycles. The quantitative estimate of drug-likeness (QED) is 0.880. The van der Waals surface area contributed by atoms with Gasteiger partial charge >= 0.3 is 0 Å². The van der Waals surface area contributed by atoms with Crippen LogP contribution in [0.15, 0.2) is 16.6 Å². The van der Waals surface area contributed by atoms with Crippen LogP contribution in [-0.4, -0.2) is 19.0 Å². The van der Waals surface area contributed by atoms with Gasteiger partial charge in [-0.05, 0) is 25.1 Å². The Balaban J connectivity index is 2.15. The average molecular weight is 305 g/mol. The molecule has 6 heteroatoms. The summed E-state index contributed by atoms with van der Waals surface area (Å²) in [5.74, 6) is -2.14. The highest BCUT2D eigenvalue weighted by Gasteiger charge is 2.24. The molecule has 1 aliphatic rings. The van der Waals surface area contributed by atoms with Crippen molar-refractivity contribution in [2.45, 2.75) is 6.42 Å². The first-order chi connectivity index (χ1) is 8.08. The summed E-state index contributed by atoms with van der Waals surface area (Å²) in [7, 11) is 0. The Morgan fingerprint density at radius 1 is 1.41 bits per heavy atom. The van der Waals surface area contributed by atoms with Crippen LogP contribution in [-0.2, 0) is 4.79 Å². The number of carbonyl (C=O) groups excluding carboxylic acids is 1. The van der Waals surface area contributed by atoms with Gasteiger partial charge in [0.25, 0.3) is 0 Å². The van der Waals surface area contributed by atoms with E-state index in [1.165, 1.54) is 0 Å². The highest BCUT2D eigenvalue weighted by Crippen LogP contribution is 2.24. The van der Waals surface area contributed by atoms with Crippen molar-refractivity contribution in [2.75, 3.05) is 18.4 Å². The smallest absolute Gasteiger partial charge is 0.228 e. The van der Waals surface area contributed by atoms with Crippen molar-refractivity contribution in [3.8, 4) is 0 Å². The summed E-state index contributed by atoms with van der Waals surface area (Å²) < 4.78 is 27.2. The topological polar surface area (TPSA) is 41.1 Å². The molecule has 1 atom stereocenters. The molecule has 1 fully saturated rings. The predicted molar refractivity (Wildman–Crippen MR) is 63.7 cm³/mol. The summed E-state index contributed by atoms with van der Waals surface area (Å²) in [6.07, 6.45) is 0.686. The van der Waals surface area contributed by atoms with Gasteiger partial charge in [-0.3, -0.25) is 4.79 Å². The zero-order valence-electron chi connectivity index (χ0n) is 8.90. The van der Waals surface area contributed by atoms with E-state index < -0.39 is 11.6 Å². The molecule has 0 bridgehead atoms. The maximum atomic E-state index is 13.5. The molecule has 1 amide bonds. The van der Waals surface area contributed by atoms with Gasteiger partial charge in [-0.1, -0.05) is 15.9 Å². The Hall–Kier alpha value is -1.01. The van der Waals surface area contributed by atoms with Gasteiger partial charge in [0, 0.05) is 11.0 Å². The zero-order chi connectivity index (χ0) is 12.4. The molecule has 0 aromatic heterocycles. The van der Waals surface area contributed by atoms with Crippen molar-refractivity contribution in [3.05, 3.63) is 28.2 Å². The van der Waals surface area contributed by atoms with Crippen LogP contribution in [0.2, 0.25) is 0 Å². The average Bonchev–Trinajstić information content (AvgIpc) is 2.76. The molecule has 0 aliphatic carbocycles. The summed E-state index contributed by atoms with van der Waals surface area (Å²) in [5.41, 5.74) is -0.384. The lowest BCUT2D eigenvalue weighted by Gasteiger charge is -2.11. The number of carbonyl (C=O) groups is 1. The summed E-state index contributed by atoms with van der Waals surface area (Å²) in [6.45, 7) is 1.30. The van der Waals surface area contributed by atoms with Crippen molar-refractivity contribution < 1.29 is 13.6 Å². The number of nitrogens with one attached hydrogen (secondary N) is 2. The molecule has 1 aromatic rings. The van der Waals surface area contributed by atoms with E-state index in [2.05, 4.69) is 26.6 Å². The minimum absolute atomic E-state index is 0.225. The first kappa shape index (κ1) is 12.4. The third kappa shape index (κ3) is 2.81. The van der Waals surface area contributed by atoms with Gasteiger partial charge in [-0.25, -0.2) is 8.78 Å². The Morgan fingerprint density at radius 2 is 2.06 bits per heavy atom. The van der Waals surface area contributed by atoms with E-state index in [0.29, 0.717) is 17.4 Å². The normalized spacial score (nSPS) is 19.4. The van der Waals surface area contributed by atoms with Crippen LogP contribution < -0.4 is 10.6 Å². The van der Waals surface area contributed by atoms with Crippen LogP contribution in [0.25, 0.3) is 0 Å². The number of amides is 1. The summed E-state index contributed by atoms with van der Waals surface area (Å²) >= 11 is 2.98. The number of halogens is 3. The lowest BCUT2D eigenvalue weighted by atomic mass is 10.1. The van der Waals surface area contributed by atoms with E-state index in [1.54, 1.807) is 0 Å². The fraction of sp³-hybridized carbons (Fsp3) is 0.364. The standard InChI is InChI=1S/C11H11BrF2N2O/c12-7-3-8(13)10(9(14)4-7)16-11(17)6-1-2-15-5-6/h3-4,6,15H,1-2,5H2,(H,16,17). The Morgan fingerprint density at radius 3 is 2.59 bits per heavy atom. The first-order valence-electron chi connectivity index (χ1n) is 5.24. The second kappa shape index (κ2) is 5.10. The van der Waals surface area contributed by atoms with Crippen molar-refractivity contribution in [2.24, 2.45) is 5.92 Å². The first-order valence-corrected chi connectivity index (χ1v) is 6.03. The SMILES string of the molecule is O=C(Nc1c(F)cc(Br)cc1F)C1CCNC1. The highest BCUT2D eigenvalue weighted by atomic mass is 79.9. The van der Waals surface area contributed by atoms with Crippen molar-refractivity contribution in [1.29, 1.82) is 0 Å². The van der Waals surface area contributed by atoms with E-state index in [0.717, 1.165) is 18.7 Å². The Kier molecular flexibility index (Phi) is 3.73. The van der Waals surface area contributed by atoms with Crippen LogP contribution in [0.3, 0.4) is 0 Å². The molecule has 92 valence electrons. The molecule has 2 rings (SSSR count). The Labute approximate surface area is 106 Å². The Bertz CT molecular complexity index is 424. The molecule has 0 radical (unpaired) electrons. The van der Waals surface area contributed by atoms with Crippen molar-refractivity contribution in [1.82, 2.24) is 5.32 Å². The molecule has 1 aromatic carbocycles. The van der Waals surface area contributed by atoms with Crippen molar-refractivity contribution >= 4 is 27.5 Å². The maximum absolute atomic E-state index is 13.5. The van der Waals surface area contributed by atoms with Gasteiger partial charge < -0.3 is 10.6 Å². The summed E-state index contributed by atoms with van der Waals surface area (Å²) in [6, 6.07) is 2.23. The van der Waals surface area contributed by atoms with E-state index in [-0.39, 0.29) is 17.5 Å². The molecule has 1 saturated heterocycles. The number of rotatable bonds is 2. The third-order valence-corrected chi connectivity index (χ3v) is 3.14. The van der Waals surface area contributed by atoms with Crippen LogP contribution in [0, 0.1) is 17.6 Å². The third-order valence-electron chi connectivity index (χ3n) is 2.69. The highest BCUT2D eigenvalue weighted by molar-refractivity contribution is 9.10. The van der Waals surface area contributed by atoms with Crippen LogP contribution in [0.5, 0.6) is 0 Å². The molecular weight excluding hydrogens is 294 g/mol. The van der Waals surface area contributed by atoms with Crippen LogP contribution >= 0.6 is 15.9 Å². The van der Waals surface area contributed by atoms with E-state index >= 15 is 0 Å². The molecule has 2 N–H and O–H groups in total. The van der Waals surface area contributed by atoms with Crippen LogP contribution in [0.4, 0.5) is 14.5 Å². The fourth-order valence-corrected chi connectivity index (χ4v) is 2.17. The van der Waals surface area contributed by atoms with Gasteiger partial charge in [0.05, 0.1) is 5.92 Å². The van der Waals surface area contributed by atoms with Crippen molar-refractivity contribution in [3.63, 3.8) is 0 Å². The van der Waals surface area contributed by atoms with Crippen LogP contribution in [0.1, 0.15) is 6.42 Å². The van der Waals surface area contributed by atoms with E-state index in [1.807, 2.05) is 0 Å². The van der Waals surface area contributed by atoms with E-state index in [4.69, 9.17) is 0 Å². The molecule has 0 spiro atoms. The second-order valence-electron chi connectivity index (χ2n) is 3.92. The van der Waals surface area contributed by atoms with Gasteiger partial charge in [0.15, 0.2) is 11.6 Å². The molecule has 17 heavy (non-hydrogen) atoms. The summed E-state index contributed by atoms with van der Waals surface area (Å²) in [5, 5.41) is 5.32. The van der Waals surface area contributed by atoms with E-state index in [9.17, 15) is 13.6 Å². The van der Waals surface area contributed by atoms with Gasteiger partial charge in [-0.15, -0.1) is 0 Å². The number of hydrogen-bond acceptors (Lipinski definition) is 2. The van der Waals surface area contributed by atoms with Gasteiger partial charge in [0.1, 0.15) is 5.69 Å². The van der Waals surface area contributed by atoms with Gasteiger partial charge in [-0.2, -0.15) is 0 Å². The molecule has 1 heterocycles. The predicted octanol–water partition coefficient (Wildman–Crippen LogP) is 2.28. The largest absolute Gasteiger partial charge is 0.321 e. The number of hydrogen-bond donors (Lipinski definition) is 2. The molecule has 0 saturated carbocycles. The molecule has 1 unspecified atom stereocenters. The maximum Gasteiger partial charge on any atom is 0.228 e. The fourth-order valence-electron chi connectivity index (χ4n) is 1.77.